The SMILES string of the molecule is CCCCCCC(C)c1c[nH]c2ccc(C)cc12. The van der Waals surface area contributed by atoms with Gasteiger partial charge in [-0.2, -0.15) is 0 Å². The Hall–Kier alpha value is -1.24. The Bertz CT molecular complexity index is 495. The van der Waals surface area contributed by atoms with Gasteiger partial charge in [-0.05, 0) is 37.0 Å². The average Bonchev–Trinajstić information content (AvgIpc) is 2.77. The summed E-state index contributed by atoms with van der Waals surface area (Å²) < 4.78 is 0. The van der Waals surface area contributed by atoms with Gasteiger partial charge >= 0.3 is 0 Å². The van der Waals surface area contributed by atoms with E-state index in [1.165, 1.54) is 54.1 Å². The molecule has 0 saturated carbocycles. The van der Waals surface area contributed by atoms with E-state index in [2.05, 4.69) is 50.2 Å². The van der Waals surface area contributed by atoms with Crippen molar-refractivity contribution in [2.45, 2.75) is 58.8 Å². The second-order valence-corrected chi connectivity index (χ2v) is 5.54. The lowest BCUT2D eigenvalue weighted by molar-refractivity contribution is 0.582. The lowest BCUT2D eigenvalue weighted by atomic mass is 9.94. The van der Waals surface area contributed by atoms with Crippen molar-refractivity contribution in [1.82, 2.24) is 4.98 Å². The van der Waals surface area contributed by atoms with Crippen LogP contribution in [0.15, 0.2) is 24.4 Å². The molecule has 2 aromatic rings. The van der Waals surface area contributed by atoms with Crippen LogP contribution < -0.4 is 0 Å². The van der Waals surface area contributed by atoms with Crippen LogP contribution in [0, 0.1) is 6.92 Å². The molecule has 0 aliphatic carbocycles. The molecule has 1 atom stereocenters. The number of hydrogen-bond donors (Lipinski definition) is 1. The van der Waals surface area contributed by atoms with Crippen molar-refractivity contribution in [1.29, 1.82) is 0 Å². The van der Waals surface area contributed by atoms with E-state index >= 15 is 0 Å². The van der Waals surface area contributed by atoms with Crippen LogP contribution >= 0.6 is 0 Å². The molecule has 2 rings (SSSR count). The maximum atomic E-state index is 3.40. The molecule has 1 unspecified atom stereocenters. The summed E-state index contributed by atoms with van der Waals surface area (Å²) in [4.78, 5) is 3.40. The van der Waals surface area contributed by atoms with Crippen LogP contribution in [0.5, 0.6) is 0 Å². The zero-order chi connectivity index (χ0) is 13.0. The van der Waals surface area contributed by atoms with Crippen molar-refractivity contribution in [3.05, 3.63) is 35.5 Å². The maximum Gasteiger partial charge on any atom is 0.0457 e. The molecule has 18 heavy (non-hydrogen) atoms. The number of unbranched alkanes of at least 4 members (excludes halogenated alkanes) is 3. The van der Waals surface area contributed by atoms with Crippen molar-refractivity contribution in [3.8, 4) is 0 Å². The Morgan fingerprint density at radius 1 is 1.17 bits per heavy atom. The first-order valence-electron chi connectivity index (χ1n) is 7.30. The van der Waals surface area contributed by atoms with Gasteiger partial charge in [-0.25, -0.2) is 0 Å². The van der Waals surface area contributed by atoms with Crippen molar-refractivity contribution >= 4 is 10.9 Å². The molecule has 1 heteroatoms. The summed E-state index contributed by atoms with van der Waals surface area (Å²) in [5.41, 5.74) is 4.11. The van der Waals surface area contributed by atoms with Crippen LogP contribution in [0.1, 0.15) is 63.0 Å². The molecule has 98 valence electrons. The van der Waals surface area contributed by atoms with Crippen LogP contribution in [0.25, 0.3) is 10.9 Å². The molecular weight excluding hydrogens is 218 g/mol. The summed E-state index contributed by atoms with van der Waals surface area (Å²) in [5, 5.41) is 1.41. The highest BCUT2D eigenvalue weighted by molar-refractivity contribution is 5.84. The van der Waals surface area contributed by atoms with Gasteiger partial charge in [0.1, 0.15) is 0 Å². The first kappa shape index (κ1) is 13.2. The third kappa shape index (κ3) is 2.95. The summed E-state index contributed by atoms with van der Waals surface area (Å²) in [6.45, 7) is 6.80. The highest BCUT2D eigenvalue weighted by Crippen LogP contribution is 2.29. The van der Waals surface area contributed by atoms with Gasteiger partial charge in [-0.15, -0.1) is 0 Å². The minimum atomic E-state index is 0.664. The third-order valence-corrected chi connectivity index (χ3v) is 3.89. The first-order valence-corrected chi connectivity index (χ1v) is 7.30. The predicted molar refractivity (Wildman–Crippen MR) is 80.2 cm³/mol. The summed E-state index contributed by atoms with van der Waals surface area (Å²) in [6, 6.07) is 6.68. The van der Waals surface area contributed by atoms with Crippen molar-refractivity contribution in [2.75, 3.05) is 0 Å². The predicted octanol–water partition coefficient (Wildman–Crippen LogP) is 5.55. The van der Waals surface area contributed by atoms with Gasteiger partial charge in [-0.1, -0.05) is 51.2 Å². The van der Waals surface area contributed by atoms with Crippen molar-refractivity contribution < 1.29 is 0 Å². The molecule has 1 aromatic carbocycles. The number of benzene rings is 1. The Labute approximate surface area is 111 Å². The Balaban J connectivity index is 2.07. The summed E-state index contributed by atoms with van der Waals surface area (Å²) in [6.07, 6.45) is 8.94. The number of aromatic nitrogens is 1. The van der Waals surface area contributed by atoms with E-state index in [4.69, 9.17) is 0 Å². The minimum Gasteiger partial charge on any atom is -0.361 e. The van der Waals surface area contributed by atoms with Gasteiger partial charge in [0.2, 0.25) is 0 Å². The smallest absolute Gasteiger partial charge is 0.0457 e. The molecule has 0 aliphatic heterocycles. The van der Waals surface area contributed by atoms with Gasteiger partial charge in [-0.3, -0.25) is 0 Å². The van der Waals surface area contributed by atoms with Crippen LogP contribution in [0.2, 0.25) is 0 Å². The van der Waals surface area contributed by atoms with Crippen LogP contribution in [-0.4, -0.2) is 4.98 Å². The number of hydrogen-bond acceptors (Lipinski definition) is 0. The summed E-state index contributed by atoms with van der Waals surface area (Å²) >= 11 is 0. The van der Waals surface area contributed by atoms with Gasteiger partial charge in [0.15, 0.2) is 0 Å². The molecule has 0 fully saturated rings. The fraction of sp³-hybridized carbons (Fsp3) is 0.529. The molecule has 1 aromatic heterocycles. The highest BCUT2D eigenvalue weighted by atomic mass is 14.7. The van der Waals surface area contributed by atoms with E-state index in [9.17, 15) is 0 Å². The quantitative estimate of drug-likeness (QED) is 0.640. The monoisotopic (exact) mass is 243 g/mol. The largest absolute Gasteiger partial charge is 0.361 e. The molecule has 0 spiro atoms. The van der Waals surface area contributed by atoms with E-state index in [0.29, 0.717) is 5.92 Å². The topological polar surface area (TPSA) is 15.8 Å². The fourth-order valence-electron chi connectivity index (χ4n) is 2.70. The molecule has 0 aliphatic rings. The maximum absolute atomic E-state index is 3.40. The van der Waals surface area contributed by atoms with Gasteiger partial charge in [0.25, 0.3) is 0 Å². The molecule has 0 bridgehead atoms. The zero-order valence-corrected chi connectivity index (χ0v) is 11.9. The van der Waals surface area contributed by atoms with Gasteiger partial charge < -0.3 is 4.98 Å². The number of rotatable bonds is 6. The lowest BCUT2D eigenvalue weighted by Gasteiger charge is -2.10. The summed E-state index contributed by atoms with van der Waals surface area (Å²) in [7, 11) is 0. The van der Waals surface area contributed by atoms with Crippen LogP contribution in [0.3, 0.4) is 0 Å². The van der Waals surface area contributed by atoms with E-state index in [0.717, 1.165) is 0 Å². The van der Waals surface area contributed by atoms with Crippen LogP contribution in [0.4, 0.5) is 0 Å². The molecule has 1 N–H and O–H groups in total. The van der Waals surface area contributed by atoms with E-state index in [1.807, 2.05) is 0 Å². The van der Waals surface area contributed by atoms with E-state index < -0.39 is 0 Å². The highest BCUT2D eigenvalue weighted by Gasteiger charge is 2.10. The number of aromatic amines is 1. The standard InChI is InChI=1S/C17H25N/c1-4-5-6-7-8-14(3)16-12-18-17-10-9-13(2)11-15(16)17/h9-12,14,18H,4-8H2,1-3H3. The third-order valence-electron chi connectivity index (χ3n) is 3.89. The van der Waals surface area contributed by atoms with Crippen LogP contribution in [-0.2, 0) is 0 Å². The molecule has 1 heterocycles. The molecule has 1 nitrogen and oxygen atoms in total. The molecular formula is C17H25N. The van der Waals surface area contributed by atoms with Crippen molar-refractivity contribution in [2.24, 2.45) is 0 Å². The second kappa shape index (κ2) is 6.08. The average molecular weight is 243 g/mol. The fourth-order valence-corrected chi connectivity index (χ4v) is 2.70. The molecule has 0 saturated heterocycles. The number of fused-ring (bicyclic) bond motifs is 1. The second-order valence-electron chi connectivity index (χ2n) is 5.54. The van der Waals surface area contributed by atoms with E-state index in [-0.39, 0.29) is 0 Å². The number of H-pyrrole nitrogens is 1. The normalized spacial score (nSPS) is 13.1. The van der Waals surface area contributed by atoms with E-state index in [1.54, 1.807) is 0 Å². The summed E-state index contributed by atoms with van der Waals surface area (Å²) in [5.74, 6) is 0.664. The molecule has 0 amide bonds. The Morgan fingerprint density at radius 3 is 2.78 bits per heavy atom. The first-order chi connectivity index (χ1) is 8.72. The van der Waals surface area contributed by atoms with Gasteiger partial charge in [0, 0.05) is 17.1 Å². The van der Waals surface area contributed by atoms with Crippen molar-refractivity contribution in [3.63, 3.8) is 0 Å². The number of aryl methyl sites for hydroxylation is 1. The molecule has 0 radical (unpaired) electrons. The van der Waals surface area contributed by atoms with Gasteiger partial charge in [0.05, 0.1) is 0 Å². The Kier molecular flexibility index (Phi) is 4.46. The zero-order valence-electron chi connectivity index (χ0n) is 11.9. The minimum absolute atomic E-state index is 0.664. The lowest BCUT2D eigenvalue weighted by Crippen LogP contribution is -1.92. The Morgan fingerprint density at radius 2 is 2.00 bits per heavy atom. The number of nitrogens with one attached hydrogen (secondary N) is 1.